The van der Waals surface area contributed by atoms with Crippen LogP contribution in [-0.2, 0) is 27.3 Å². The van der Waals surface area contributed by atoms with Gasteiger partial charge in [0.1, 0.15) is 18.6 Å². The Labute approximate surface area is 178 Å². The third-order valence-corrected chi connectivity index (χ3v) is 5.57. The number of carbonyl (C=O) groups excluding carboxylic acids is 2. The van der Waals surface area contributed by atoms with Crippen LogP contribution in [0.5, 0.6) is 5.75 Å². The molecule has 0 bridgehead atoms. The number of amides is 2. The highest BCUT2D eigenvalue weighted by molar-refractivity contribution is 7.90. The topological polar surface area (TPSA) is 111 Å². The van der Waals surface area contributed by atoms with Gasteiger partial charge in [-0.15, -0.1) is 0 Å². The Morgan fingerprint density at radius 1 is 1.23 bits per heavy atom. The lowest BCUT2D eigenvalue weighted by atomic mass is 10.2. The lowest BCUT2D eigenvalue weighted by molar-refractivity contribution is -0.0263. The maximum atomic E-state index is 12.4. The Hall–Kier alpha value is -2.75. The van der Waals surface area contributed by atoms with Gasteiger partial charge in [-0.05, 0) is 53.1 Å². The molecule has 0 aliphatic carbocycles. The molecule has 1 aliphatic rings. The Bertz CT molecular complexity index is 857. The number of morpholine rings is 1. The van der Waals surface area contributed by atoms with E-state index in [2.05, 4.69) is 5.32 Å². The maximum Gasteiger partial charge on any atom is 0.410 e. The van der Waals surface area contributed by atoms with Gasteiger partial charge < -0.3 is 29.3 Å². The van der Waals surface area contributed by atoms with Gasteiger partial charge in [-0.25, -0.2) is 4.79 Å². The quantitative estimate of drug-likeness (QED) is 0.675. The van der Waals surface area contributed by atoms with Crippen LogP contribution in [0.1, 0.15) is 15.9 Å². The molecule has 2 unspecified atom stereocenters. The highest BCUT2D eigenvalue weighted by atomic mass is 32.2. The Morgan fingerprint density at radius 3 is 2.60 bits per heavy atom. The average Bonchev–Trinajstić information content (AvgIpc) is 2.76. The van der Waals surface area contributed by atoms with Crippen LogP contribution in [0.4, 0.5) is 4.79 Å². The Kier molecular flexibility index (Phi) is 7.56. The van der Waals surface area contributed by atoms with E-state index in [0.29, 0.717) is 25.3 Å². The second kappa shape index (κ2) is 10.3. The number of hydrogen-bond acceptors (Lipinski definition) is 6. The third-order valence-electron chi connectivity index (χ3n) is 4.63. The molecule has 0 aromatic heterocycles. The van der Waals surface area contributed by atoms with E-state index in [-0.39, 0.29) is 30.9 Å². The van der Waals surface area contributed by atoms with E-state index in [1.165, 1.54) is 24.3 Å². The molecule has 2 amide bonds. The zero-order valence-corrected chi connectivity index (χ0v) is 17.4. The predicted molar refractivity (Wildman–Crippen MR) is 111 cm³/mol. The lowest BCUT2D eigenvalue weighted by Gasteiger charge is -2.32. The van der Waals surface area contributed by atoms with Crippen molar-refractivity contribution in [2.45, 2.75) is 17.6 Å². The lowest BCUT2D eigenvalue weighted by Crippen LogP contribution is -2.49. The zero-order chi connectivity index (χ0) is 21.5. The molecule has 1 saturated heterocycles. The highest BCUT2D eigenvalue weighted by Gasteiger charge is 2.25. The molecule has 2 aromatic carbocycles. The summed E-state index contributed by atoms with van der Waals surface area (Å²) in [5.74, 6) is -0.192. The molecule has 0 saturated carbocycles. The zero-order valence-electron chi connectivity index (χ0n) is 16.6. The smallest absolute Gasteiger partial charge is 0.410 e. The van der Waals surface area contributed by atoms with E-state index in [1.807, 2.05) is 0 Å². The van der Waals surface area contributed by atoms with Crippen LogP contribution < -0.4 is 5.32 Å². The summed E-state index contributed by atoms with van der Waals surface area (Å²) in [7, 11) is 0. The number of benzene rings is 2. The van der Waals surface area contributed by atoms with E-state index in [4.69, 9.17) is 9.47 Å². The molecule has 0 radical (unpaired) electrons. The van der Waals surface area contributed by atoms with Crippen LogP contribution in [0.2, 0.25) is 0 Å². The van der Waals surface area contributed by atoms with Crippen LogP contribution in [0.25, 0.3) is 0 Å². The largest absolute Gasteiger partial charge is 0.612 e. The fraction of sp³-hybridized carbons (Fsp3) is 0.333. The predicted octanol–water partition coefficient (Wildman–Crippen LogP) is 1.90. The first-order chi connectivity index (χ1) is 14.4. The summed E-state index contributed by atoms with van der Waals surface area (Å²) in [4.78, 5) is 26.8. The number of carbonyl (C=O) groups is 2. The fourth-order valence-corrected chi connectivity index (χ4v) is 3.46. The number of nitrogens with zero attached hydrogens (tertiary/aromatic N) is 1. The minimum absolute atomic E-state index is 0.0904. The molecule has 30 heavy (non-hydrogen) atoms. The molecule has 0 spiro atoms. The molecule has 1 heterocycles. The van der Waals surface area contributed by atoms with Gasteiger partial charge >= 0.3 is 6.09 Å². The van der Waals surface area contributed by atoms with Gasteiger partial charge in [0.25, 0.3) is 5.91 Å². The fourth-order valence-electron chi connectivity index (χ4n) is 2.94. The number of phenolic OH excluding ortho intramolecular Hbond substituents is 1. The van der Waals surface area contributed by atoms with Crippen molar-refractivity contribution in [2.75, 3.05) is 32.5 Å². The summed E-state index contributed by atoms with van der Waals surface area (Å²) in [6.45, 7) is 1.44. The summed E-state index contributed by atoms with van der Waals surface area (Å²) in [6.07, 6.45) is 0.819. The molecule has 2 aromatic rings. The summed E-state index contributed by atoms with van der Waals surface area (Å²) in [6, 6.07) is 13.0. The average molecular weight is 432 g/mol. The Balaban J connectivity index is 1.44. The minimum Gasteiger partial charge on any atom is -0.612 e. The molecular formula is C21H24N2O6S. The van der Waals surface area contributed by atoms with Crippen molar-refractivity contribution >= 4 is 23.2 Å². The first kappa shape index (κ1) is 21.9. The third kappa shape index (κ3) is 6.12. The van der Waals surface area contributed by atoms with Crippen LogP contribution in [-0.4, -0.2) is 65.2 Å². The van der Waals surface area contributed by atoms with E-state index in [0.717, 1.165) is 10.5 Å². The van der Waals surface area contributed by atoms with Crippen molar-refractivity contribution < 1.29 is 28.7 Å². The highest BCUT2D eigenvalue weighted by Crippen LogP contribution is 2.13. The SMILES string of the molecule is C[S+]([O-])c1ccc(COC(=O)N2CCOC(CNC(=O)c3ccc(O)cc3)C2)cc1. The van der Waals surface area contributed by atoms with Crippen molar-refractivity contribution in [3.05, 3.63) is 59.7 Å². The van der Waals surface area contributed by atoms with Gasteiger partial charge in [0, 0.05) is 18.7 Å². The molecule has 1 fully saturated rings. The standard InChI is InChI=1S/C21H24N2O6S/c1-30(27)19-8-2-15(3-9-19)14-29-21(26)23-10-11-28-18(13-23)12-22-20(25)16-4-6-17(24)7-5-16/h2-9,18,24H,10-14H2,1H3,(H,22,25). The summed E-state index contributed by atoms with van der Waals surface area (Å²) in [5.41, 5.74) is 1.24. The number of nitrogens with one attached hydrogen (secondary N) is 1. The van der Waals surface area contributed by atoms with Crippen molar-refractivity contribution in [1.82, 2.24) is 10.2 Å². The van der Waals surface area contributed by atoms with Gasteiger partial charge in [-0.2, -0.15) is 0 Å². The van der Waals surface area contributed by atoms with Crippen LogP contribution in [0.15, 0.2) is 53.4 Å². The number of aromatic hydroxyl groups is 1. The van der Waals surface area contributed by atoms with Crippen molar-refractivity contribution in [2.24, 2.45) is 0 Å². The number of rotatable bonds is 6. The summed E-state index contributed by atoms with van der Waals surface area (Å²) < 4.78 is 22.4. The first-order valence-corrected chi connectivity index (χ1v) is 11.0. The van der Waals surface area contributed by atoms with Gasteiger partial charge in [0.05, 0.1) is 19.3 Å². The number of phenols is 1. The molecule has 9 heteroatoms. The second-order valence-corrected chi connectivity index (χ2v) is 8.23. The van der Waals surface area contributed by atoms with E-state index in [1.54, 1.807) is 35.4 Å². The molecular weight excluding hydrogens is 408 g/mol. The van der Waals surface area contributed by atoms with E-state index >= 15 is 0 Å². The number of hydrogen-bond donors (Lipinski definition) is 2. The molecule has 1 aliphatic heterocycles. The summed E-state index contributed by atoms with van der Waals surface area (Å²) in [5, 5.41) is 12.1. The maximum absolute atomic E-state index is 12.4. The van der Waals surface area contributed by atoms with Gasteiger partial charge in [0.15, 0.2) is 4.90 Å². The van der Waals surface area contributed by atoms with Crippen molar-refractivity contribution in [3.8, 4) is 5.75 Å². The van der Waals surface area contributed by atoms with E-state index < -0.39 is 17.3 Å². The molecule has 2 N–H and O–H groups in total. The Morgan fingerprint density at radius 2 is 1.93 bits per heavy atom. The number of ether oxygens (including phenoxy) is 2. The van der Waals surface area contributed by atoms with Crippen molar-refractivity contribution in [3.63, 3.8) is 0 Å². The molecule has 3 rings (SSSR count). The molecule has 160 valence electrons. The van der Waals surface area contributed by atoms with Gasteiger partial charge in [0.2, 0.25) is 0 Å². The van der Waals surface area contributed by atoms with Gasteiger partial charge in [-0.1, -0.05) is 12.1 Å². The van der Waals surface area contributed by atoms with Crippen LogP contribution in [0, 0.1) is 0 Å². The van der Waals surface area contributed by atoms with Crippen LogP contribution >= 0.6 is 0 Å². The second-order valence-electron chi connectivity index (χ2n) is 6.85. The van der Waals surface area contributed by atoms with Crippen LogP contribution in [0.3, 0.4) is 0 Å². The van der Waals surface area contributed by atoms with Crippen molar-refractivity contribution in [1.29, 1.82) is 0 Å². The normalized spacial score (nSPS) is 17.3. The first-order valence-electron chi connectivity index (χ1n) is 9.45. The summed E-state index contributed by atoms with van der Waals surface area (Å²) >= 11 is -1.05. The van der Waals surface area contributed by atoms with E-state index in [9.17, 15) is 19.2 Å². The van der Waals surface area contributed by atoms with Gasteiger partial charge in [-0.3, -0.25) is 4.79 Å². The monoisotopic (exact) mass is 432 g/mol. The minimum atomic E-state index is -1.05. The molecule has 2 atom stereocenters. The molecule has 8 nitrogen and oxygen atoms in total.